The van der Waals surface area contributed by atoms with Crippen LogP contribution in [-0.2, 0) is 0 Å². The summed E-state index contributed by atoms with van der Waals surface area (Å²) in [5.74, 6) is -3.23. The monoisotopic (exact) mass is 434 g/mol. The van der Waals surface area contributed by atoms with Crippen molar-refractivity contribution in [2.75, 3.05) is 32.8 Å². The zero-order chi connectivity index (χ0) is 18.6. The highest BCUT2D eigenvalue weighted by molar-refractivity contribution is 7.99. The minimum absolute atomic E-state index is 0. The van der Waals surface area contributed by atoms with Crippen LogP contribution in [0.5, 0.6) is 0 Å². The van der Waals surface area contributed by atoms with Gasteiger partial charge >= 0.3 is 0 Å². The highest BCUT2D eigenvalue weighted by Crippen LogP contribution is 2.42. The molecule has 1 fully saturated rings. The third-order valence-electron chi connectivity index (χ3n) is 4.38. The van der Waals surface area contributed by atoms with Crippen LogP contribution in [0.25, 0.3) is 0 Å². The Hall–Kier alpha value is -0.890. The average molecular weight is 435 g/mol. The maximum Gasteiger partial charge on any atom is 0.289 e. The van der Waals surface area contributed by atoms with Crippen LogP contribution in [-0.4, -0.2) is 48.7 Å². The summed E-state index contributed by atoms with van der Waals surface area (Å²) >= 11 is 7.35. The normalized spacial score (nSPS) is 16.6. The zero-order valence-electron chi connectivity index (χ0n) is 14.6. The lowest BCUT2D eigenvalue weighted by molar-refractivity contribution is -0.119. The second-order valence-electron chi connectivity index (χ2n) is 6.20. The van der Waals surface area contributed by atoms with E-state index in [0.717, 1.165) is 9.79 Å². The molecule has 1 atom stereocenters. The summed E-state index contributed by atoms with van der Waals surface area (Å²) in [6.07, 6.45) is 0. The number of benzene rings is 2. The number of alkyl halides is 2. The van der Waals surface area contributed by atoms with Gasteiger partial charge in [-0.05, 0) is 35.9 Å². The van der Waals surface area contributed by atoms with Crippen molar-refractivity contribution in [1.82, 2.24) is 10.2 Å². The molecule has 1 saturated heterocycles. The third-order valence-corrected chi connectivity index (χ3v) is 5.73. The van der Waals surface area contributed by atoms with Crippen molar-refractivity contribution in [1.29, 1.82) is 0 Å². The maximum atomic E-state index is 14.7. The molecule has 1 heterocycles. The summed E-state index contributed by atoms with van der Waals surface area (Å²) in [5.41, 5.74) is 0.536. The first kappa shape index (κ1) is 22.4. The molecule has 2 N–H and O–H groups in total. The van der Waals surface area contributed by atoms with Gasteiger partial charge in [0.05, 0.1) is 0 Å². The molecule has 2 aromatic carbocycles. The van der Waals surface area contributed by atoms with Crippen molar-refractivity contribution in [2.45, 2.75) is 21.8 Å². The topological polar surface area (TPSA) is 35.5 Å². The highest BCUT2D eigenvalue weighted by atomic mass is 35.5. The fourth-order valence-corrected chi connectivity index (χ4v) is 4.24. The molecule has 0 aliphatic carbocycles. The van der Waals surface area contributed by atoms with Gasteiger partial charge in [-0.25, -0.2) is 8.78 Å². The molecule has 8 heteroatoms. The van der Waals surface area contributed by atoms with Crippen molar-refractivity contribution < 1.29 is 13.9 Å². The van der Waals surface area contributed by atoms with Crippen LogP contribution in [0.4, 0.5) is 8.78 Å². The molecule has 1 aliphatic rings. The van der Waals surface area contributed by atoms with Crippen LogP contribution < -0.4 is 5.32 Å². The Balaban J connectivity index is 0.00000261. The van der Waals surface area contributed by atoms with Crippen LogP contribution in [0, 0.1) is 0 Å². The summed E-state index contributed by atoms with van der Waals surface area (Å²) in [7, 11) is 0. The predicted octanol–water partition coefficient (Wildman–Crippen LogP) is 4.49. The van der Waals surface area contributed by atoms with Crippen molar-refractivity contribution in [3.8, 4) is 0 Å². The molecule has 0 saturated carbocycles. The van der Waals surface area contributed by atoms with Crippen LogP contribution in [0.15, 0.2) is 58.3 Å². The number of aliphatic hydroxyl groups is 1. The number of piperazine rings is 1. The Morgan fingerprint density at radius 2 is 1.74 bits per heavy atom. The summed E-state index contributed by atoms with van der Waals surface area (Å²) in [6, 6.07) is 13.3. The molecule has 27 heavy (non-hydrogen) atoms. The van der Waals surface area contributed by atoms with Crippen LogP contribution >= 0.6 is 35.8 Å². The molecule has 0 aromatic heterocycles. The molecule has 0 unspecified atom stereocenters. The molecule has 2 aromatic rings. The lowest BCUT2D eigenvalue weighted by atomic mass is 9.98. The number of aliphatic hydroxyl groups excluding tert-OH is 1. The standard InChI is InChI=1S/C19H21ClF2N2OS.ClH/c20-14-5-7-15(8-6-14)26-17-4-2-1-3-16(17)18(19(21,22)13-25)24-11-9-23-10-12-24;/h1-8,18,23,25H,9-13H2;1H/t18-;/m1./s1. The molecule has 148 valence electrons. The lowest BCUT2D eigenvalue weighted by Crippen LogP contribution is -2.51. The summed E-state index contributed by atoms with van der Waals surface area (Å²) in [4.78, 5) is 3.44. The van der Waals surface area contributed by atoms with Crippen molar-refractivity contribution in [3.63, 3.8) is 0 Å². The first-order chi connectivity index (χ1) is 12.5. The molecule has 3 rings (SSSR count). The van der Waals surface area contributed by atoms with Crippen LogP contribution in [0.3, 0.4) is 0 Å². The second-order valence-corrected chi connectivity index (χ2v) is 7.75. The van der Waals surface area contributed by atoms with E-state index in [1.807, 2.05) is 24.3 Å². The van der Waals surface area contributed by atoms with Gasteiger partial charge in [0.15, 0.2) is 0 Å². The van der Waals surface area contributed by atoms with E-state index in [9.17, 15) is 13.9 Å². The molecule has 0 spiro atoms. The summed E-state index contributed by atoms with van der Waals surface area (Å²) in [6.45, 7) is 1.16. The fourth-order valence-electron chi connectivity index (χ4n) is 3.15. The quantitative estimate of drug-likeness (QED) is 0.701. The molecule has 0 amide bonds. The van der Waals surface area contributed by atoms with Gasteiger partial charge in [-0.1, -0.05) is 41.6 Å². The number of hydrogen-bond acceptors (Lipinski definition) is 4. The average Bonchev–Trinajstić information content (AvgIpc) is 2.66. The van der Waals surface area contributed by atoms with Gasteiger partial charge in [0.1, 0.15) is 12.6 Å². The van der Waals surface area contributed by atoms with E-state index in [1.165, 1.54) is 11.8 Å². The van der Waals surface area contributed by atoms with Crippen LogP contribution in [0.2, 0.25) is 5.02 Å². The molecular formula is C19H22Cl2F2N2OS. The minimum atomic E-state index is -3.23. The van der Waals surface area contributed by atoms with Gasteiger partial charge in [0.2, 0.25) is 0 Å². The predicted molar refractivity (Wildman–Crippen MR) is 108 cm³/mol. The first-order valence-electron chi connectivity index (χ1n) is 8.47. The zero-order valence-corrected chi connectivity index (χ0v) is 17.0. The van der Waals surface area contributed by atoms with Gasteiger partial charge in [0.25, 0.3) is 5.92 Å². The van der Waals surface area contributed by atoms with Gasteiger partial charge in [-0.15, -0.1) is 12.4 Å². The van der Waals surface area contributed by atoms with Gasteiger partial charge in [-0.2, -0.15) is 0 Å². The van der Waals surface area contributed by atoms with E-state index >= 15 is 0 Å². The van der Waals surface area contributed by atoms with E-state index in [0.29, 0.717) is 36.8 Å². The number of nitrogens with zero attached hydrogens (tertiary/aromatic N) is 1. The second kappa shape index (κ2) is 10.0. The van der Waals surface area contributed by atoms with E-state index in [2.05, 4.69) is 5.32 Å². The smallest absolute Gasteiger partial charge is 0.289 e. The minimum Gasteiger partial charge on any atom is -0.390 e. The number of hydrogen-bond donors (Lipinski definition) is 2. The Kier molecular flexibility index (Phi) is 8.34. The highest BCUT2D eigenvalue weighted by Gasteiger charge is 2.44. The van der Waals surface area contributed by atoms with Gasteiger partial charge < -0.3 is 10.4 Å². The van der Waals surface area contributed by atoms with Crippen LogP contribution in [0.1, 0.15) is 11.6 Å². The van der Waals surface area contributed by atoms with Crippen molar-refractivity contribution in [2.24, 2.45) is 0 Å². The fraction of sp³-hybridized carbons (Fsp3) is 0.368. The Labute approximate surface area is 173 Å². The third kappa shape index (κ3) is 5.56. The molecule has 1 aliphatic heterocycles. The van der Waals surface area contributed by atoms with Crippen molar-refractivity contribution in [3.05, 3.63) is 59.1 Å². The first-order valence-corrected chi connectivity index (χ1v) is 9.66. The molecule has 3 nitrogen and oxygen atoms in total. The van der Waals surface area contributed by atoms with E-state index in [-0.39, 0.29) is 12.4 Å². The molecule has 0 radical (unpaired) electrons. The Morgan fingerprint density at radius 3 is 2.37 bits per heavy atom. The number of nitrogens with one attached hydrogen (secondary N) is 1. The summed E-state index contributed by atoms with van der Waals surface area (Å²) in [5, 5.41) is 13.2. The Morgan fingerprint density at radius 1 is 1.11 bits per heavy atom. The largest absolute Gasteiger partial charge is 0.390 e. The van der Waals surface area contributed by atoms with E-state index in [4.69, 9.17) is 11.6 Å². The molecular weight excluding hydrogens is 413 g/mol. The van der Waals surface area contributed by atoms with E-state index < -0.39 is 18.6 Å². The van der Waals surface area contributed by atoms with Gasteiger partial charge in [-0.3, -0.25) is 4.90 Å². The van der Waals surface area contributed by atoms with Gasteiger partial charge in [0, 0.05) is 41.0 Å². The Bertz CT molecular complexity index is 728. The maximum absolute atomic E-state index is 14.7. The number of rotatable bonds is 6. The summed E-state index contributed by atoms with van der Waals surface area (Å²) < 4.78 is 29.4. The lowest BCUT2D eigenvalue weighted by Gasteiger charge is -2.39. The van der Waals surface area contributed by atoms with E-state index in [1.54, 1.807) is 29.2 Å². The SMILES string of the molecule is Cl.OCC(F)(F)[C@@H](c1ccccc1Sc1ccc(Cl)cc1)N1CCNCC1. The van der Waals surface area contributed by atoms with Crippen molar-refractivity contribution >= 4 is 35.8 Å². The molecule has 0 bridgehead atoms. The number of halogens is 4.